The fraction of sp³-hybridized carbons (Fsp3) is 0.750. The molecule has 3 nitrogen and oxygen atoms in total. The van der Waals surface area contributed by atoms with E-state index >= 15 is 0 Å². The number of aryl methyl sites for hydroxylation is 1. The lowest BCUT2D eigenvalue weighted by atomic mass is 10.1. The Morgan fingerprint density at radius 3 is 3.12 bits per heavy atom. The van der Waals surface area contributed by atoms with E-state index in [4.69, 9.17) is 0 Å². The van der Waals surface area contributed by atoms with Crippen molar-refractivity contribution < 1.29 is 0 Å². The standard InChI is InChI=1S/C12H21N3S/c1-3-7-13-12(11-5-4-9-16-11)10-6-8-15(2)14-10/h6,8,11-13H,3-5,7,9H2,1-2H3. The molecular weight excluding hydrogens is 218 g/mol. The molecule has 0 bridgehead atoms. The number of rotatable bonds is 5. The van der Waals surface area contributed by atoms with Gasteiger partial charge in [0.1, 0.15) is 0 Å². The summed E-state index contributed by atoms with van der Waals surface area (Å²) in [6, 6.07) is 2.58. The van der Waals surface area contributed by atoms with Crippen LogP contribution in [0.25, 0.3) is 0 Å². The minimum Gasteiger partial charge on any atom is -0.308 e. The van der Waals surface area contributed by atoms with E-state index in [0.29, 0.717) is 11.3 Å². The second-order valence-electron chi connectivity index (χ2n) is 4.40. The molecule has 1 aliphatic heterocycles. The van der Waals surface area contributed by atoms with Crippen molar-refractivity contribution in [2.75, 3.05) is 12.3 Å². The first-order chi connectivity index (χ1) is 7.81. The Kier molecular flexibility index (Phi) is 4.29. The largest absolute Gasteiger partial charge is 0.308 e. The monoisotopic (exact) mass is 239 g/mol. The van der Waals surface area contributed by atoms with E-state index in [-0.39, 0.29) is 0 Å². The normalized spacial score (nSPS) is 22.5. The fourth-order valence-electron chi connectivity index (χ4n) is 2.19. The van der Waals surface area contributed by atoms with Gasteiger partial charge in [0, 0.05) is 18.5 Å². The molecule has 1 saturated heterocycles. The summed E-state index contributed by atoms with van der Waals surface area (Å²) in [5, 5.41) is 8.90. The second kappa shape index (κ2) is 5.73. The minimum absolute atomic E-state index is 0.439. The molecule has 0 saturated carbocycles. The van der Waals surface area contributed by atoms with Gasteiger partial charge in [0.2, 0.25) is 0 Å². The minimum atomic E-state index is 0.439. The molecule has 0 spiro atoms. The summed E-state index contributed by atoms with van der Waals surface area (Å²) >= 11 is 2.09. The van der Waals surface area contributed by atoms with Crippen LogP contribution in [0.1, 0.15) is 37.9 Å². The summed E-state index contributed by atoms with van der Waals surface area (Å²) < 4.78 is 1.90. The SMILES string of the molecule is CCCNC(c1ccn(C)n1)C1CCCS1. The molecule has 2 heterocycles. The third-order valence-corrected chi connectivity index (χ3v) is 4.46. The topological polar surface area (TPSA) is 29.9 Å². The van der Waals surface area contributed by atoms with Gasteiger partial charge in [-0.1, -0.05) is 6.92 Å². The van der Waals surface area contributed by atoms with Gasteiger partial charge in [-0.2, -0.15) is 16.9 Å². The fourth-order valence-corrected chi connectivity index (χ4v) is 3.59. The maximum atomic E-state index is 4.55. The lowest BCUT2D eigenvalue weighted by Crippen LogP contribution is -2.30. The van der Waals surface area contributed by atoms with Gasteiger partial charge >= 0.3 is 0 Å². The molecular formula is C12H21N3S. The van der Waals surface area contributed by atoms with Gasteiger partial charge in [-0.3, -0.25) is 4.68 Å². The predicted octanol–water partition coefficient (Wildman–Crippen LogP) is 2.36. The smallest absolute Gasteiger partial charge is 0.0805 e. The average Bonchev–Trinajstić information content (AvgIpc) is 2.91. The summed E-state index contributed by atoms with van der Waals surface area (Å²) in [6.45, 7) is 3.29. The highest BCUT2D eigenvalue weighted by atomic mass is 32.2. The van der Waals surface area contributed by atoms with Gasteiger partial charge in [0.05, 0.1) is 11.7 Å². The Morgan fingerprint density at radius 2 is 2.56 bits per heavy atom. The Hall–Kier alpha value is -0.480. The van der Waals surface area contributed by atoms with Gasteiger partial charge < -0.3 is 5.32 Å². The molecule has 1 aromatic rings. The molecule has 2 rings (SSSR count). The molecule has 0 aromatic carbocycles. The van der Waals surface area contributed by atoms with Crippen molar-refractivity contribution in [2.45, 2.75) is 37.5 Å². The number of nitrogens with zero attached hydrogens (tertiary/aromatic N) is 2. The number of nitrogens with one attached hydrogen (secondary N) is 1. The van der Waals surface area contributed by atoms with Crippen LogP contribution in [0.2, 0.25) is 0 Å². The van der Waals surface area contributed by atoms with Gasteiger partial charge in [-0.15, -0.1) is 0 Å². The highest BCUT2D eigenvalue weighted by Gasteiger charge is 2.27. The van der Waals surface area contributed by atoms with Crippen molar-refractivity contribution in [3.8, 4) is 0 Å². The van der Waals surface area contributed by atoms with Gasteiger partial charge in [-0.25, -0.2) is 0 Å². The average molecular weight is 239 g/mol. The van der Waals surface area contributed by atoms with Crippen LogP contribution in [-0.2, 0) is 7.05 Å². The van der Waals surface area contributed by atoms with Crippen molar-refractivity contribution in [2.24, 2.45) is 7.05 Å². The van der Waals surface area contributed by atoms with E-state index < -0.39 is 0 Å². The van der Waals surface area contributed by atoms with Crippen molar-refractivity contribution in [1.82, 2.24) is 15.1 Å². The zero-order valence-corrected chi connectivity index (χ0v) is 11.0. The highest BCUT2D eigenvalue weighted by molar-refractivity contribution is 8.00. The molecule has 1 N–H and O–H groups in total. The maximum Gasteiger partial charge on any atom is 0.0805 e. The van der Waals surface area contributed by atoms with Gasteiger partial charge in [0.25, 0.3) is 0 Å². The summed E-state index contributed by atoms with van der Waals surface area (Å²) in [5.41, 5.74) is 1.20. The van der Waals surface area contributed by atoms with Crippen LogP contribution in [0.15, 0.2) is 12.3 Å². The van der Waals surface area contributed by atoms with Gasteiger partial charge in [0.15, 0.2) is 0 Å². The van der Waals surface area contributed by atoms with Crippen molar-refractivity contribution in [1.29, 1.82) is 0 Å². The first-order valence-electron chi connectivity index (χ1n) is 6.15. The van der Waals surface area contributed by atoms with Crippen LogP contribution in [0.4, 0.5) is 0 Å². The first-order valence-corrected chi connectivity index (χ1v) is 7.20. The van der Waals surface area contributed by atoms with E-state index in [1.807, 2.05) is 17.9 Å². The van der Waals surface area contributed by atoms with Crippen LogP contribution >= 0.6 is 11.8 Å². The van der Waals surface area contributed by atoms with Crippen molar-refractivity contribution >= 4 is 11.8 Å². The summed E-state index contributed by atoms with van der Waals surface area (Å²) in [4.78, 5) is 0. The van der Waals surface area contributed by atoms with Crippen LogP contribution < -0.4 is 5.32 Å². The van der Waals surface area contributed by atoms with Crippen LogP contribution in [0.5, 0.6) is 0 Å². The number of aromatic nitrogens is 2. The summed E-state index contributed by atoms with van der Waals surface area (Å²) in [7, 11) is 1.99. The van der Waals surface area contributed by atoms with E-state index in [0.717, 1.165) is 6.54 Å². The molecule has 2 atom stereocenters. The van der Waals surface area contributed by atoms with E-state index in [1.54, 1.807) is 0 Å². The van der Waals surface area contributed by atoms with E-state index in [1.165, 1.54) is 30.7 Å². The molecule has 2 unspecified atom stereocenters. The maximum absolute atomic E-state index is 4.55. The highest BCUT2D eigenvalue weighted by Crippen LogP contribution is 2.35. The predicted molar refractivity (Wildman–Crippen MR) is 69.7 cm³/mol. The molecule has 90 valence electrons. The lowest BCUT2D eigenvalue weighted by Gasteiger charge is -2.22. The van der Waals surface area contributed by atoms with E-state index in [9.17, 15) is 0 Å². The Labute approximate surface area is 102 Å². The zero-order valence-electron chi connectivity index (χ0n) is 10.1. The van der Waals surface area contributed by atoms with Crippen molar-refractivity contribution in [3.63, 3.8) is 0 Å². The number of hydrogen-bond acceptors (Lipinski definition) is 3. The van der Waals surface area contributed by atoms with Crippen LogP contribution in [0.3, 0.4) is 0 Å². The Balaban J connectivity index is 2.06. The molecule has 0 amide bonds. The number of hydrogen-bond donors (Lipinski definition) is 1. The molecule has 16 heavy (non-hydrogen) atoms. The quantitative estimate of drug-likeness (QED) is 0.855. The molecule has 0 aliphatic carbocycles. The lowest BCUT2D eigenvalue weighted by molar-refractivity contribution is 0.487. The second-order valence-corrected chi connectivity index (χ2v) is 5.74. The Bertz CT molecular complexity index is 318. The Morgan fingerprint density at radius 1 is 1.69 bits per heavy atom. The number of thioether (sulfide) groups is 1. The summed E-state index contributed by atoms with van der Waals surface area (Å²) in [6.07, 6.45) is 5.89. The third kappa shape index (κ3) is 2.80. The van der Waals surface area contributed by atoms with Crippen molar-refractivity contribution in [3.05, 3.63) is 18.0 Å². The third-order valence-electron chi connectivity index (χ3n) is 3.00. The summed E-state index contributed by atoms with van der Waals surface area (Å²) in [5.74, 6) is 1.31. The molecule has 0 radical (unpaired) electrons. The molecule has 1 aromatic heterocycles. The zero-order chi connectivity index (χ0) is 11.4. The van der Waals surface area contributed by atoms with Crippen LogP contribution in [0, 0.1) is 0 Å². The van der Waals surface area contributed by atoms with Gasteiger partial charge in [-0.05, 0) is 37.6 Å². The van der Waals surface area contributed by atoms with Crippen LogP contribution in [-0.4, -0.2) is 27.3 Å². The molecule has 1 fully saturated rings. The first kappa shape index (κ1) is 12.0. The van der Waals surface area contributed by atoms with E-state index in [2.05, 4.69) is 35.2 Å². The molecule has 4 heteroatoms. The molecule has 1 aliphatic rings.